The fourth-order valence-electron chi connectivity index (χ4n) is 1.73. The molecule has 2 unspecified atom stereocenters. The van der Waals surface area contributed by atoms with Crippen LogP contribution < -0.4 is 0 Å². The number of hydrogen-bond acceptors (Lipinski definition) is 2. The van der Waals surface area contributed by atoms with Crippen molar-refractivity contribution in [1.82, 2.24) is 0 Å². The lowest BCUT2D eigenvalue weighted by Gasteiger charge is -2.34. The lowest BCUT2D eigenvalue weighted by atomic mass is 9.69. The lowest BCUT2D eigenvalue weighted by Crippen LogP contribution is -2.27. The molecule has 2 fully saturated rings. The van der Waals surface area contributed by atoms with Crippen molar-refractivity contribution < 1.29 is 4.74 Å². The summed E-state index contributed by atoms with van der Waals surface area (Å²) in [6.07, 6.45) is 2.68. The second kappa shape index (κ2) is 3.35. The molecule has 0 spiro atoms. The van der Waals surface area contributed by atoms with Gasteiger partial charge in [0.1, 0.15) is 0 Å². The number of epoxide rings is 1. The van der Waals surface area contributed by atoms with Gasteiger partial charge in [0.25, 0.3) is 0 Å². The topological polar surface area (TPSA) is 36.3 Å². The second-order valence-electron chi connectivity index (χ2n) is 3.41. The number of rotatable bonds is 2. The average molecular weight is 275 g/mol. The van der Waals surface area contributed by atoms with E-state index in [9.17, 15) is 0 Å². The smallest absolute Gasteiger partial charge is 0.0815 e. The largest absolute Gasteiger partial charge is 0.373 e. The second-order valence-corrected chi connectivity index (χ2v) is 4.04. The maximum Gasteiger partial charge on any atom is 0.0815 e. The molecule has 0 bridgehead atoms. The quantitative estimate of drug-likeness (QED) is 0.572. The number of halogens is 1. The van der Waals surface area contributed by atoms with E-state index in [1.54, 1.807) is 0 Å². The van der Waals surface area contributed by atoms with Crippen molar-refractivity contribution in [3.05, 3.63) is 9.66 Å². The minimum atomic E-state index is 0.200. The molecule has 0 amide bonds. The Labute approximate surface area is 85.7 Å². The zero-order valence-corrected chi connectivity index (χ0v) is 8.82. The molecule has 2 aliphatic rings. The minimum Gasteiger partial charge on any atom is -0.373 e. The summed E-state index contributed by atoms with van der Waals surface area (Å²) in [5, 5.41) is 8.73. The summed E-state index contributed by atoms with van der Waals surface area (Å²) < 4.78 is 7.24. The molecule has 2 nitrogen and oxygen atoms in total. The molecule has 1 aliphatic carbocycles. The van der Waals surface area contributed by atoms with Crippen molar-refractivity contribution in [3.63, 3.8) is 0 Å². The standard InChI is InChI=1S/C9H10INO/c10-3-9-6(1-7(9)4-11)2-8-5-12-8/h3,6-8H,1-2,5H2/t6-,7?,8?/m0/s1. The normalized spacial score (nSPS) is 42.0. The molecule has 0 aromatic rings. The Morgan fingerprint density at radius 3 is 3.00 bits per heavy atom. The van der Waals surface area contributed by atoms with Crippen molar-refractivity contribution in [1.29, 1.82) is 5.26 Å². The highest BCUT2D eigenvalue weighted by molar-refractivity contribution is 14.1. The SMILES string of the molecule is N#CC1C[C@@H](CC2CO2)C1=CI. The molecular weight excluding hydrogens is 265 g/mol. The minimum absolute atomic E-state index is 0.200. The molecular formula is C9H10INO. The van der Waals surface area contributed by atoms with Gasteiger partial charge >= 0.3 is 0 Å². The number of nitrogens with zero attached hydrogens (tertiary/aromatic N) is 1. The van der Waals surface area contributed by atoms with Gasteiger partial charge in [-0.05, 0) is 28.4 Å². The molecule has 0 N–H and O–H groups in total. The maximum atomic E-state index is 8.73. The Morgan fingerprint density at radius 1 is 1.75 bits per heavy atom. The van der Waals surface area contributed by atoms with E-state index in [1.165, 1.54) is 5.57 Å². The predicted molar refractivity (Wildman–Crippen MR) is 53.7 cm³/mol. The van der Waals surface area contributed by atoms with Crippen molar-refractivity contribution in [2.75, 3.05) is 6.61 Å². The Kier molecular flexibility index (Phi) is 2.37. The van der Waals surface area contributed by atoms with E-state index in [4.69, 9.17) is 10.00 Å². The Hall–Kier alpha value is -0.0800. The molecule has 3 atom stereocenters. The van der Waals surface area contributed by atoms with E-state index in [1.807, 2.05) is 0 Å². The van der Waals surface area contributed by atoms with Crippen LogP contribution in [0.3, 0.4) is 0 Å². The van der Waals surface area contributed by atoms with Crippen LogP contribution in [0.15, 0.2) is 9.66 Å². The monoisotopic (exact) mass is 275 g/mol. The summed E-state index contributed by atoms with van der Waals surface area (Å²) in [7, 11) is 0. The van der Waals surface area contributed by atoms with Crippen LogP contribution in [0.1, 0.15) is 12.8 Å². The summed E-state index contributed by atoms with van der Waals surface area (Å²) >= 11 is 2.23. The zero-order chi connectivity index (χ0) is 8.55. The maximum absolute atomic E-state index is 8.73. The molecule has 0 aromatic carbocycles. The summed E-state index contributed by atoms with van der Waals surface area (Å²) in [6, 6.07) is 2.31. The van der Waals surface area contributed by atoms with E-state index < -0.39 is 0 Å². The Morgan fingerprint density at radius 2 is 2.50 bits per heavy atom. The van der Waals surface area contributed by atoms with Crippen molar-refractivity contribution in [2.24, 2.45) is 11.8 Å². The van der Waals surface area contributed by atoms with Gasteiger partial charge in [0.2, 0.25) is 0 Å². The fraction of sp³-hybridized carbons (Fsp3) is 0.667. The summed E-state index contributed by atoms with van der Waals surface area (Å²) in [4.78, 5) is 0. The predicted octanol–water partition coefficient (Wildman–Crippen LogP) is 2.25. The van der Waals surface area contributed by atoms with Crippen LogP contribution in [0.2, 0.25) is 0 Å². The van der Waals surface area contributed by atoms with Gasteiger partial charge < -0.3 is 4.74 Å². The molecule has 1 saturated heterocycles. The highest BCUT2D eigenvalue weighted by Crippen LogP contribution is 2.44. The van der Waals surface area contributed by atoms with Gasteiger partial charge in [0, 0.05) is 0 Å². The number of allylic oxidation sites excluding steroid dienone is 1. The van der Waals surface area contributed by atoms with Gasteiger partial charge in [0.15, 0.2) is 0 Å². The third-order valence-corrected chi connectivity index (χ3v) is 3.34. The van der Waals surface area contributed by atoms with Crippen LogP contribution in [-0.2, 0) is 4.74 Å². The first-order chi connectivity index (χ1) is 5.85. The van der Waals surface area contributed by atoms with E-state index in [0.29, 0.717) is 12.0 Å². The van der Waals surface area contributed by atoms with Gasteiger partial charge in [-0.3, -0.25) is 0 Å². The lowest BCUT2D eigenvalue weighted by molar-refractivity contribution is 0.300. The Balaban J connectivity index is 1.90. The molecule has 1 saturated carbocycles. The van der Waals surface area contributed by atoms with Crippen LogP contribution in [0, 0.1) is 23.2 Å². The van der Waals surface area contributed by atoms with E-state index in [0.717, 1.165) is 19.4 Å². The van der Waals surface area contributed by atoms with Crippen LogP contribution in [-0.4, -0.2) is 12.7 Å². The zero-order valence-electron chi connectivity index (χ0n) is 6.66. The average Bonchev–Trinajstić information content (AvgIpc) is 2.81. The molecule has 0 radical (unpaired) electrons. The first-order valence-electron chi connectivity index (χ1n) is 4.16. The molecule has 0 aromatic heterocycles. The van der Waals surface area contributed by atoms with Gasteiger partial charge in [-0.2, -0.15) is 5.26 Å². The van der Waals surface area contributed by atoms with Crippen LogP contribution in [0.5, 0.6) is 0 Å². The van der Waals surface area contributed by atoms with Gasteiger partial charge in [-0.15, -0.1) is 0 Å². The third-order valence-electron chi connectivity index (χ3n) is 2.63. The van der Waals surface area contributed by atoms with Crippen molar-refractivity contribution >= 4 is 22.6 Å². The van der Waals surface area contributed by atoms with Gasteiger partial charge in [-0.25, -0.2) is 0 Å². The van der Waals surface area contributed by atoms with E-state index in [-0.39, 0.29) is 5.92 Å². The first-order valence-corrected chi connectivity index (χ1v) is 5.41. The molecule has 64 valence electrons. The first kappa shape index (κ1) is 8.52. The third kappa shape index (κ3) is 1.50. The summed E-state index contributed by atoms with van der Waals surface area (Å²) in [5.74, 6) is 0.838. The molecule has 3 heteroatoms. The summed E-state index contributed by atoms with van der Waals surface area (Å²) in [6.45, 7) is 0.933. The van der Waals surface area contributed by atoms with Crippen molar-refractivity contribution in [3.8, 4) is 6.07 Å². The molecule has 1 heterocycles. The highest BCUT2D eigenvalue weighted by Gasteiger charge is 2.38. The van der Waals surface area contributed by atoms with Gasteiger partial charge in [0.05, 0.1) is 24.7 Å². The van der Waals surface area contributed by atoms with Crippen LogP contribution in [0.4, 0.5) is 0 Å². The van der Waals surface area contributed by atoms with Crippen LogP contribution in [0.25, 0.3) is 0 Å². The number of nitriles is 1. The van der Waals surface area contributed by atoms with Crippen LogP contribution >= 0.6 is 22.6 Å². The van der Waals surface area contributed by atoms with Crippen molar-refractivity contribution in [2.45, 2.75) is 18.9 Å². The van der Waals surface area contributed by atoms with E-state index >= 15 is 0 Å². The highest BCUT2D eigenvalue weighted by atomic mass is 127. The molecule has 1 aliphatic heterocycles. The molecule has 12 heavy (non-hydrogen) atoms. The molecule has 2 rings (SSSR count). The fourth-order valence-corrected chi connectivity index (χ4v) is 2.67. The Bertz CT molecular complexity index is 252. The van der Waals surface area contributed by atoms with E-state index in [2.05, 4.69) is 32.7 Å². The number of hydrogen-bond donors (Lipinski definition) is 0. The van der Waals surface area contributed by atoms with Gasteiger partial charge in [-0.1, -0.05) is 22.6 Å². The number of ether oxygens (including phenoxy) is 1. The summed E-state index contributed by atoms with van der Waals surface area (Å²) in [5.41, 5.74) is 1.33.